The van der Waals surface area contributed by atoms with Crippen molar-refractivity contribution in [1.29, 1.82) is 0 Å². The summed E-state index contributed by atoms with van der Waals surface area (Å²) in [6.07, 6.45) is 0.392. The van der Waals surface area contributed by atoms with Gasteiger partial charge in [-0.15, -0.1) is 0 Å². The van der Waals surface area contributed by atoms with Crippen LogP contribution >= 0.6 is 0 Å². The molecule has 2 amide bonds. The molecule has 6 heteroatoms. The van der Waals surface area contributed by atoms with Gasteiger partial charge in [-0.1, -0.05) is 6.92 Å². The van der Waals surface area contributed by atoms with E-state index in [4.69, 9.17) is 5.11 Å². The fourth-order valence-electron chi connectivity index (χ4n) is 2.16. The lowest BCUT2D eigenvalue weighted by atomic mass is 10.1. The zero-order chi connectivity index (χ0) is 14.6. The Kier molecular flexibility index (Phi) is 5.17. The van der Waals surface area contributed by atoms with Crippen LogP contribution in [0.5, 0.6) is 0 Å². The number of aliphatic carboxylic acids is 1. The first-order valence-corrected chi connectivity index (χ1v) is 6.79. The molecule has 1 aliphatic heterocycles. The van der Waals surface area contributed by atoms with Gasteiger partial charge in [0.05, 0.1) is 0 Å². The first-order chi connectivity index (χ1) is 8.75. The molecule has 19 heavy (non-hydrogen) atoms. The molecule has 0 aromatic carbocycles. The number of hydrogen-bond acceptors (Lipinski definition) is 3. The standard InChI is InChI=1S/C13H25N3O3/c1-5-10(11(17)18)14-12(19)15-6-8-16(9-7-15)13(2,3)4/h10H,5-9H2,1-4H3,(H,14,19)(H,17,18)/t10-/m0/s1. The van der Waals surface area contributed by atoms with Crippen LogP contribution in [0, 0.1) is 0 Å². The Hall–Kier alpha value is -1.30. The second kappa shape index (κ2) is 6.23. The summed E-state index contributed by atoms with van der Waals surface area (Å²) in [4.78, 5) is 26.9. The van der Waals surface area contributed by atoms with Crippen LogP contribution in [0.4, 0.5) is 4.79 Å². The van der Waals surface area contributed by atoms with Crippen molar-refractivity contribution < 1.29 is 14.7 Å². The predicted molar refractivity (Wildman–Crippen MR) is 73.1 cm³/mol. The highest BCUT2D eigenvalue weighted by Gasteiger charge is 2.29. The average molecular weight is 271 g/mol. The Balaban J connectivity index is 2.47. The van der Waals surface area contributed by atoms with Crippen molar-refractivity contribution in [2.24, 2.45) is 0 Å². The zero-order valence-electron chi connectivity index (χ0n) is 12.3. The van der Waals surface area contributed by atoms with E-state index in [9.17, 15) is 9.59 Å². The van der Waals surface area contributed by atoms with E-state index in [0.717, 1.165) is 13.1 Å². The van der Waals surface area contributed by atoms with Gasteiger partial charge in [0, 0.05) is 31.7 Å². The summed E-state index contributed by atoms with van der Waals surface area (Å²) >= 11 is 0. The summed E-state index contributed by atoms with van der Waals surface area (Å²) in [5.41, 5.74) is 0.107. The quantitative estimate of drug-likeness (QED) is 0.802. The number of carboxylic acid groups (broad SMARTS) is 1. The molecule has 6 nitrogen and oxygen atoms in total. The number of carboxylic acids is 1. The minimum Gasteiger partial charge on any atom is -0.480 e. The van der Waals surface area contributed by atoms with Crippen molar-refractivity contribution in [2.75, 3.05) is 26.2 Å². The fourth-order valence-corrected chi connectivity index (χ4v) is 2.16. The van der Waals surface area contributed by atoms with Crippen LogP contribution in [-0.2, 0) is 4.79 Å². The van der Waals surface area contributed by atoms with Gasteiger partial charge in [0.25, 0.3) is 0 Å². The van der Waals surface area contributed by atoms with Gasteiger partial charge in [0.2, 0.25) is 0 Å². The van der Waals surface area contributed by atoms with E-state index in [0.29, 0.717) is 19.5 Å². The van der Waals surface area contributed by atoms with Crippen LogP contribution < -0.4 is 5.32 Å². The molecule has 1 aliphatic rings. The molecule has 0 saturated carbocycles. The number of hydrogen-bond donors (Lipinski definition) is 2. The van der Waals surface area contributed by atoms with Crippen LogP contribution in [-0.4, -0.2) is 64.7 Å². The average Bonchev–Trinajstić information content (AvgIpc) is 2.34. The molecule has 0 aromatic rings. The second-order valence-electron chi connectivity index (χ2n) is 5.89. The molecule has 0 radical (unpaired) electrons. The largest absolute Gasteiger partial charge is 0.480 e. The maximum Gasteiger partial charge on any atom is 0.326 e. The SMILES string of the molecule is CC[C@H](NC(=O)N1CCN(C(C)(C)C)CC1)C(=O)O. The van der Waals surface area contributed by atoms with E-state index in [-0.39, 0.29) is 11.6 Å². The Morgan fingerprint density at radius 3 is 2.11 bits per heavy atom. The highest BCUT2D eigenvalue weighted by atomic mass is 16.4. The van der Waals surface area contributed by atoms with Gasteiger partial charge in [0.1, 0.15) is 6.04 Å². The Bertz CT molecular complexity index is 331. The molecule has 0 spiro atoms. The molecule has 1 saturated heterocycles. The minimum absolute atomic E-state index is 0.107. The lowest BCUT2D eigenvalue weighted by Crippen LogP contribution is -2.57. The van der Waals surface area contributed by atoms with Gasteiger partial charge in [-0.2, -0.15) is 0 Å². The number of urea groups is 1. The van der Waals surface area contributed by atoms with Gasteiger partial charge in [0.15, 0.2) is 0 Å². The van der Waals surface area contributed by atoms with Crippen LogP contribution in [0.2, 0.25) is 0 Å². The lowest BCUT2D eigenvalue weighted by molar-refractivity contribution is -0.139. The van der Waals surface area contributed by atoms with Crippen molar-refractivity contribution in [2.45, 2.75) is 45.7 Å². The van der Waals surface area contributed by atoms with Crippen molar-refractivity contribution in [3.05, 3.63) is 0 Å². The molecular formula is C13H25N3O3. The number of nitrogens with one attached hydrogen (secondary N) is 1. The van der Waals surface area contributed by atoms with E-state index in [1.807, 2.05) is 0 Å². The molecule has 1 fully saturated rings. The number of rotatable bonds is 3. The van der Waals surface area contributed by atoms with Crippen LogP contribution in [0.25, 0.3) is 0 Å². The number of amides is 2. The highest BCUT2D eigenvalue weighted by molar-refractivity contribution is 5.82. The highest BCUT2D eigenvalue weighted by Crippen LogP contribution is 2.15. The van der Waals surface area contributed by atoms with E-state index in [1.165, 1.54) is 0 Å². The maximum absolute atomic E-state index is 12.0. The number of carbonyl (C=O) groups excluding carboxylic acids is 1. The van der Waals surface area contributed by atoms with Crippen molar-refractivity contribution in [1.82, 2.24) is 15.1 Å². The van der Waals surface area contributed by atoms with Crippen LogP contribution in [0.15, 0.2) is 0 Å². The van der Waals surface area contributed by atoms with Crippen LogP contribution in [0.3, 0.4) is 0 Å². The molecule has 0 aromatic heterocycles. The molecule has 0 aliphatic carbocycles. The molecule has 0 unspecified atom stereocenters. The smallest absolute Gasteiger partial charge is 0.326 e. The molecule has 110 valence electrons. The first-order valence-electron chi connectivity index (χ1n) is 6.79. The second-order valence-corrected chi connectivity index (χ2v) is 5.89. The van der Waals surface area contributed by atoms with E-state index in [2.05, 4.69) is 31.0 Å². The van der Waals surface area contributed by atoms with Crippen molar-refractivity contribution >= 4 is 12.0 Å². The zero-order valence-corrected chi connectivity index (χ0v) is 12.3. The third-order valence-corrected chi connectivity index (χ3v) is 3.52. The maximum atomic E-state index is 12.0. The van der Waals surface area contributed by atoms with Gasteiger partial charge in [-0.05, 0) is 27.2 Å². The summed E-state index contributed by atoms with van der Waals surface area (Å²) in [6, 6.07) is -1.07. The van der Waals surface area contributed by atoms with Gasteiger partial charge < -0.3 is 15.3 Å². The Morgan fingerprint density at radius 2 is 1.74 bits per heavy atom. The number of piperazine rings is 1. The molecule has 1 heterocycles. The predicted octanol–water partition coefficient (Wildman–Crippen LogP) is 0.975. The first kappa shape index (κ1) is 15.8. The minimum atomic E-state index is -0.982. The summed E-state index contributed by atoms with van der Waals surface area (Å²) in [5, 5.41) is 11.5. The summed E-state index contributed by atoms with van der Waals surface area (Å²) < 4.78 is 0. The molecular weight excluding hydrogens is 246 g/mol. The van der Waals surface area contributed by atoms with Gasteiger partial charge in [-0.25, -0.2) is 9.59 Å². The lowest BCUT2D eigenvalue weighted by Gasteiger charge is -2.42. The number of carbonyl (C=O) groups is 2. The van der Waals surface area contributed by atoms with Gasteiger partial charge >= 0.3 is 12.0 Å². The van der Waals surface area contributed by atoms with Gasteiger partial charge in [-0.3, -0.25) is 4.90 Å². The summed E-state index contributed by atoms with van der Waals surface area (Å²) in [5.74, 6) is -0.982. The van der Waals surface area contributed by atoms with Crippen molar-refractivity contribution in [3.8, 4) is 0 Å². The molecule has 0 bridgehead atoms. The van der Waals surface area contributed by atoms with E-state index >= 15 is 0 Å². The third kappa shape index (κ3) is 4.38. The van der Waals surface area contributed by atoms with E-state index in [1.54, 1.807) is 11.8 Å². The Morgan fingerprint density at radius 1 is 1.21 bits per heavy atom. The summed E-state index contributed by atoms with van der Waals surface area (Å²) in [7, 11) is 0. The molecule has 1 atom stereocenters. The normalized spacial score (nSPS) is 19.1. The monoisotopic (exact) mass is 271 g/mol. The molecule has 2 N–H and O–H groups in total. The topological polar surface area (TPSA) is 72.9 Å². The molecule has 1 rings (SSSR count). The van der Waals surface area contributed by atoms with E-state index < -0.39 is 12.0 Å². The number of nitrogens with zero attached hydrogens (tertiary/aromatic N) is 2. The Labute approximate surface area is 114 Å². The summed E-state index contributed by atoms with van der Waals surface area (Å²) in [6.45, 7) is 11.1. The fraction of sp³-hybridized carbons (Fsp3) is 0.846. The van der Waals surface area contributed by atoms with Crippen molar-refractivity contribution in [3.63, 3.8) is 0 Å². The van der Waals surface area contributed by atoms with Crippen LogP contribution in [0.1, 0.15) is 34.1 Å². The third-order valence-electron chi connectivity index (χ3n) is 3.52.